The number of hydroxylamine groups is 1. The fourth-order valence-corrected chi connectivity index (χ4v) is 5.21. The standard InChI is InChI=1S/C25H27F6N2O4/c1-14-5-3-4-6-20(14)22-21-11-32(33(35)13-34)10-17(21)12-36-23(22)37-15(2)16-7-18(24(26,27)28)9-19(8-16)25(29,30)31/h3-9,15,17,21-23,34H,10-13H2,1-2H3/q-1/t15-,17+,21-,22+,23-/m1/s1. The molecule has 4 rings (SSSR count). The molecule has 0 bridgehead atoms. The Hall–Kier alpha value is -2.22. The van der Waals surface area contributed by atoms with Gasteiger partial charge in [-0.25, -0.2) is 0 Å². The number of rotatable bonds is 6. The van der Waals surface area contributed by atoms with E-state index in [2.05, 4.69) is 0 Å². The van der Waals surface area contributed by atoms with E-state index in [1.165, 1.54) is 11.9 Å². The summed E-state index contributed by atoms with van der Waals surface area (Å²) in [5.74, 6) is -0.706. The van der Waals surface area contributed by atoms with Crippen molar-refractivity contribution in [3.8, 4) is 0 Å². The van der Waals surface area contributed by atoms with E-state index in [4.69, 9.17) is 9.47 Å². The Labute approximate surface area is 209 Å². The van der Waals surface area contributed by atoms with E-state index < -0.39 is 48.5 Å². The Balaban J connectivity index is 1.67. The molecule has 1 N–H and O–H groups in total. The number of nitrogens with zero attached hydrogens (tertiary/aromatic N) is 2. The molecule has 2 saturated heterocycles. The van der Waals surface area contributed by atoms with Gasteiger partial charge in [0.05, 0.1) is 30.6 Å². The quantitative estimate of drug-likeness (QED) is 0.302. The molecule has 0 unspecified atom stereocenters. The fourth-order valence-electron chi connectivity index (χ4n) is 5.21. The predicted molar refractivity (Wildman–Crippen MR) is 120 cm³/mol. The number of alkyl halides is 6. The Bertz CT molecular complexity index is 1060. The normalized spacial score (nSPS) is 25.9. The zero-order valence-corrected chi connectivity index (χ0v) is 20.1. The molecule has 2 aliphatic rings. The number of hydrogen-bond acceptors (Lipinski definition) is 6. The van der Waals surface area contributed by atoms with E-state index >= 15 is 0 Å². The van der Waals surface area contributed by atoms with Crippen LogP contribution < -0.4 is 0 Å². The second-order valence-electron chi connectivity index (χ2n) is 9.49. The third-order valence-electron chi connectivity index (χ3n) is 7.10. The van der Waals surface area contributed by atoms with Gasteiger partial charge in [-0.1, -0.05) is 24.3 Å². The second kappa shape index (κ2) is 10.5. The molecule has 0 aliphatic carbocycles. The van der Waals surface area contributed by atoms with E-state index in [0.717, 1.165) is 11.1 Å². The molecule has 12 heteroatoms. The molecule has 37 heavy (non-hydrogen) atoms. The van der Waals surface area contributed by atoms with E-state index in [0.29, 0.717) is 23.8 Å². The van der Waals surface area contributed by atoms with Crippen LogP contribution in [0, 0.1) is 24.0 Å². The molecule has 204 valence electrons. The van der Waals surface area contributed by atoms with Crippen LogP contribution in [0.5, 0.6) is 0 Å². The van der Waals surface area contributed by atoms with Crippen molar-refractivity contribution in [1.29, 1.82) is 0 Å². The molecule has 6 nitrogen and oxygen atoms in total. The molecule has 2 fully saturated rings. The number of halogens is 6. The number of aryl methyl sites for hydroxylation is 1. The number of ether oxygens (including phenoxy) is 2. The largest absolute Gasteiger partial charge is 0.770 e. The fraction of sp³-hybridized carbons (Fsp3) is 0.520. The van der Waals surface area contributed by atoms with Crippen molar-refractivity contribution in [2.24, 2.45) is 11.8 Å². The average Bonchev–Trinajstić information content (AvgIpc) is 3.27. The molecule has 5 atom stereocenters. The van der Waals surface area contributed by atoms with Gasteiger partial charge in [0, 0.05) is 24.9 Å². The highest BCUT2D eigenvalue weighted by molar-refractivity contribution is 5.35. The number of fused-ring (bicyclic) bond motifs is 1. The Morgan fingerprint density at radius 2 is 1.70 bits per heavy atom. The van der Waals surface area contributed by atoms with Crippen molar-refractivity contribution in [2.75, 3.05) is 26.4 Å². The third-order valence-corrected chi connectivity index (χ3v) is 7.10. The van der Waals surface area contributed by atoms with Crippen LogP contribution in [0.1, 0.15) is 46.8 Å². The zero-order valence-electron chi connectivity index (χ0n) is 20.1. The highest BCUT2D eigenvalue weighted by Crippen LogP contribution is 2.46. The lowest BCUT2D eigenvalue weighted by Crippen LogP contribution is -2.42. The average molecular weight is 533 g/mol. The lowest BCUT2D eigenvalue weighted by molar-refractivity contribution is -0.217. The Morgan fingerprint density at radius 1 is 1.08 bits per heavy atom. The highest BCUT2D eigenvalue weighted by Gasteiger charge is 2.48. The molecule has 0 aromatic heterocycles. The minimum atomic E-state index is -4.97. The maximum atomic E-state index is 13.4. The van der Waals surface area contributed by atoms with Crippen LogP contribution in [0.3, 0.4) is 0 Å². The molecule has 2 aliphatic heterocycles. The molecule has 2 heterocycles. The van der Waals surface area contributed by atoms with Gasteiger partial charge in [-0.2, -0.15) is 26.3 Å². The van der Waals surface area contributed by atoms with Crippen molar-refractivity contribution < 1.29 is 40.9 Å². The van der Waals surface area contributed by atoms with Gasteiger partial charge in [-0.05, 0) is 54.7 Å². The van der Waals surface area contributed by atoms with Gasteiger partial charge in [0.1, 0.15) is 0 Å². The highest BCUT2D eigenvalue weighted by atomic mass is 19.4. The van der Waals surface area contributed by atoms with E-state index in [-0.39, 0.29) is 36.6 Å². The summed E-state index contributed by atoms with van der Waals surface area (Å²) >= 11 is 0. The van der Waals surface area contributed by atoms with E-state index in [1.807, 2.05) is 31.2 Å². The predicted octanol–water partition coefficient (Wildman–Crippen LogP) is 5.46. The van der Waals surface area contributed by atoms with Gasteiger partial charge in [0.2, 0.25) is 0 Å². The van der Waals surface area contributed by atoms with Crippen LogP contribution in [0.15, 0.2) is 42.5 Å². The van der Waals surface area contributed by atoms with Crippen molar-refractivity contribution in [3.63, 3.8) is 0 Å². The molecule has 0 radical (unpaired) electrons. The summed E-state index contributed by atoms with van der Waals surface area (Å²) in [6, 6.07) is 8.78. The summed E-state index contributed by atoms with van der Waals surface area (Å²) in [4.78, 5) is 0. The zero-order chi connectivity index (χ0) is 27.1. The van der Waals surface area contributed by atoms with Crippen molar-refractivity contribution in [1.82, 2.24) is 10.2 Å². The number of hydrogen-bond donors (Lipinski definition) is 1. The summed E-state index contributed by atoms with van der Waals surface area (Å²) in [6.07, 6.45) is -12.1. The van der Waals surface area contributed by atoms with Crippen molar-refractivity contribution in [2.45, 2.75) is 44.5 Å². The van der Waals surface area contributed by atoms with Gasteiger partial charge < -0.3 is 19.8 Å². The smallest absolute Gasteiger partial charge is 0.416 e. The topological polar surface area (TPSA) is 68.2 Å². The first-order valence-corrected chi connectivity index (χ1v) is 11.7. The molecule has 2 aromatic rings. The number of aliphatic hydroxyl groups excluding tert-OH is 1. The number of hydrazine groups is 1. The summed E-state index contributed by atoms with van der Waals surface area (Å²) in [7, 11) is 0. The van der Waals surface area contributed by atoms with Crippen LogP contribution in [0.4, 0.5) is 26.3 Å². The molecule has 0 saturated carbocycles. The summed E-state index contributed by atoms with van der Waals surface area (Å²) < 4.78 is 92.3. The Kier molecular flexibility index (Phi) is 7.89. The van der Waals surface area contributed by atoms with E-state index in [9.17, 15) is 36.7 Å². The number of benzene rings is 2. The third kappa shape index (κ3) is 5.94. The van der Waals surface area contributed by atoms with E-state index in [1.54, 1.807) is 0 Å². The van der Waals surface area contributed by atoms with Gasteiger partial charge >= 0.3 is 12.4 Å². The van der Waals surface area contributed by atoms with Crippen LogP contribution in [-0.2, 0) is 21.8 Å². The molecular weight excluding hydrogens is 506 g/mol. The van der Waals surface area contributed by atoms with Gasteiger partial charge in [-0.3, -0.25) is 10.2 Å². The van der Waals surface area contributed by atoms with Gasteiger partial charge in [0.25, 0.3) is 0 Å². The van der Waals surface area contributed by atoms with Crippen molar-refractivity contribution in [3.05, 3.63) is 75.5 Å². The first-order chi connectivity index (χ1) is 17.3. The lowest BCUT2D eigenvalue weighted by atomic mass is 9.76. The molecule has 0 amide bonds. The van der Waals surface area contributed by atoms with Crippen LogP contribution in [0.25, 0.3) is 0 Å². The first kappa shape index (κ1) is 27.8. The van der Waals surface area contributed by atoms with Gasteiger partial charge in [-0.15, -0.1) is 0 Å². The van der Waals surface area contributed by atoms with Gasteiger partial charge in [0.15, 0.2) is 6.29 Å². The Morgan fingerprint density at radius 3 is 2.27 bits per heavy atom. The van der Waals surface area contributed by atoms with Crippen LogP contribution in [-0.4, -0.2) is 48.0 Å². The maximum absolute atomic E-state index is 13.4. The molecule has 2 aromatic carbocycles. The molecule has 0 spiro atoms. The molecular formula is C25H27F6N2O4-. The maximum Gasteiger partial charge on any atom is 0.416 e. The van der Waals surface area contributed by atoms with Crippen LogP contribution >= 0.6 is 0 Å². The number of aliphatic hydroxyl groups is 1. The summed E-state index contributed by atoms with van der Waals surface area (Å²) in [6.45, 7) is 3.34. The van der Waals surface area contributed by atoms with Crippen LogP contribution in [0.2, 0.25) is 0 Å². The minimum absolute atomic E-state index is 0.0804. The summed E-state index contributed by atoms with van der Waals surface area (Å²) in [5, 5.41) is 23.3. The minimum Gasteiger partial charge on any atom is -0.770 e. The second-order valence-corrected chi connectivity index (χ2v) is 9.49. The summed E-state index contributed by atoms with van der Waals surface area (Å²) in [5.41, 5.74) is -1.37. The first-order valence-electron chi connectivity index (χ1n) is 11.7. The van der Waals surface area contributed by atoms with Crippen molar-refractivity contribution >= 4 is 0 Å². The SMILES string of the molecule is Cc1ccccc1[C@@H]1[C@@H](O[C@H](C)c2cc(C(F)(F)F)cc(C(F)(F)F)c2)OC[C@@H]2CN(N([O-])CO)C[C@H]21. The monoisotopic (exact) mass is 533 g/mol. The lowest BCUT2D eigenvalue weighted by Gasteiger charge is -2.41.